The molecule has 0 spiro atoms. The van der Waals surface area contributed by atoms with E-state index in [2.05, 4.69) is 44.9 Å². The largest absolute Gasteiger partial charge is 0.447 e. The van der Waals surface area contributed by atoms with E-state index < -0.39 is 0 Å². The number of nitrogens with one attached hydrogen (secondary N) is 2. The normalized spacial score (nSPS) is 29.3. The van der Waals surface area contributed by atoms with Crippen LogP contribution in [0.25, 0.3) is 0 Å². The molecule has 0 aromatic heterocycles. The lowest BCUT2D eigenvalue weighted by atomic mass is 9.62. The van der Waals surface area contributed by atoms with Crippen molar-refractivity contribution in [1.29, 1.82) is 0 Å². The van der Waals surface area contributed by atoms with Gasteiger partial charge in [-0.05, 0) is 36.5 Å². The quantitative estimate of drug-likeness (QED) is 0.438. The average molecular weight is 428 g/mol. The molecule has 168 valence electrons. The smallest absolute Gasteiger partial charge is 0.407 e. The van der Waals surface area contributed by atoms with Crippen molar-refractivity contribution < 1.29 is 19.1 Å². The summed E-state index contributed by atoms with van der Waals surface area (Å²) in [6, 6.07) is 0.117. The monoisotopic (exact) mass is 427 g/mol. The second kappa shape index (κ2) is 10.2. The van der Waals surface area contributed by atoms with E-state index >= 15 is 0 Å². The van der Waals surface area contributed by atoms with E-state index in [1.165, 1.54) is 0 Å². The molecule has 0 radical (unpaired) electrons. The number of carbonyl (C=O) groups excluding carboxylic acids is 2. The first-order valence-electron chi connectivity index (χ1n) is 11.1. The molecule has 0 bridgehead atoms. The Hall–Kier alpha value is -1.28. The number of nitrogens with zero attached hydrogens (tertiary/aromatic N) is 1. The highest BCUT2D eigenvalue weighted by Gasteiger charge is 2.42. The van der Waals surface area contributed by atoms with Crippen LogP contribution in [0, 0.1) is 10.8 Å². The van der Waals surface area contributed by atoms with Crippen molar-refractivity contribution in [2.75, 3.05) is 33.4 Å². The number of urea groups is 1. The molecular formula is C21H41N3O4Si. The van der Waals surface area contributed by atoms with Crippen LogP contribution in [0.1, 0.15) is 53.4 Å². The molecule has 1 aliphatic carbocycles. The summed E-state index contributed by atoms with van der Waals surface area (Å²) in [5.41, 5.74) is 0.772. The van der Waals surface area contributed by atoms with Gasteiger partial charge >= 0.3 is 12.1 Å². The van der Waals surface area contributed by atoms with E-state index in [0.717, 1.165) is 37.8 Å². The molecule has 0 aromatic carbocycles. The Balaban J connectivity index is 1.84. The molecule has 2 fully saturated rings. The van der Waals surface area contributed by atoms with Crippen LogP contribution in [-0.2, 0) is 9.47 Å². The van der Waals surface area contributed by atoms with Crippen LogP contribution in [0.3, 0.4) is 0 Å². The molecule has 0 aromatic rings. The zero-order chi connectivity index (χ0) is 21.7. The molecule has 2 N–H and O–H groups in total. The first-order chi connectivity index (χ1) is 13.5. The Morgan fingerprint density at radius 3 is 2.62 bits per heavy atom. The fourth-order valence-corrected chi connectivity index (χ4v) is 5.14. The average Bonchev–Trinajstić information content (AvgIpc) is 3.45. The molecule has 7 nitrogen and oxygen atoms in total. The van der Waals surface area contributed by atoms with Crippen LogP contribution in [0.2, 0.25) is 12.1 Å². The minimum Gasteiger partial charge on any atom is -0.447 e. The highest BCUT2D eigenvalue weighted by molar-refractivity contribution is 6.35. The van der Waals surface area contributed by atoms with Crippen molar-refractivity contribution in [3.8, 4) is 0 Å². The van der Waals surface area contributed by atoms with Gasteiger partial charge in [0, 0.05) is 35.7 Å². The Labute approximate surface area is 178 Å². The molecule has 4 unspecified atom stereocenters. The van der Waals surface area contributed by atoms with E-state index in [4.69, 9.17) is 9.47 Å². The Bertz CT molecular complexity index is 570. The second-order valence-corrected chi connectivity index (χ2v) is 12.5. The third-order valence-corrected chi connectivity index (χ3v) is 8.04. The van der Waals surface area contributed by atoms with Crippen LogP contribution in [-0.4, -0.2) is 72.0 Å². The Morgan fingerprint density at radius 1 is 1.31 bits per heavy atom. The van der Waals surface area contributed by atoms with Gasteiger partial charge in [0.1, 0.15) is 12.7 Å². The summed E-state index contributed by atoms with van der Waals surface area (Å²) in [4.78, 5) is 26.5. The first-order valence-corrected chi connectivity index (χ1v) is 13.3. The highest BCUT2D eigenvalue weighted by atomic mass is 28.2. The number of carbonyl (C=O) groups is 2. The van der Waals surface area contributed by atoms with Crippen LogP contribution in [0.5, 0.6) is 0 Å². The SMILES string of the molecule is C[SiH2]C(C)CCN(C)C(=O)NC1CC(C)(C)CC(C)(CNC(=O)OCC2CO2)C1. The van der Waals surface area contributed by atoms with Crippen molar-refractivity contribution in [3.63, 3.8) is 0 Å². The number of hydrogen-bond acceptors (Lipinski definition) is 4. The zero-order valence-corrected chi connectivity index (χ0v) is 20.6. The van der Waals surface area contributed by atoms with Crippen LogP contribution in [0.15, 0.2) is 0 Å². The lowest BCUT2D eigenvalue weighted by molar-refractivity contribution is 0.0672. The number of hydrogen-bond donors (Lipinski definition) is 2. The summed E-state index contributed by atoms with van der Waals surface area (Å²) < 4.78 is 10.2. The summed E-state index contributed by atoms with van der Waals surface area (Å²) in [7, 11) is 1.87. The molecule has 2 aliphatic rings. The van der Waals surface area contributed by atoms with E-state index in [-0.39, 0.29) is 44.6 Å². The third-order valence-electron chi connectivity index (χ3n) is 6.23. The van der Waals surface area contributed by atoms with E-state index in [0.29, 0.717) is 19.8 Å². The number of alkyl carbamates (subject to hydrolysis) is 1. The molecule has 2 rings (SSSR count). The fourth-order valence-electron chi connectivity index (χ4n) is 4.54. The van der Waals surface area contributed by atoms with Crippen LogP contribution in [0.4, 0.5) is 9.59 Å². The van der Waals surface area contributed by atoms with E-state index in [1.807, 2.05) is 11.9 Å². The molecule has 1 heterocycles. The van der Waals surface area contributed by atoms with Crippen LogP contribution >= 0.6 is 0 Å². The van der Waals surface area contributed by atoms with Gasteiger partial charge in [-0.2, -0.15) is 0 Å². The number of epoxide rings is 1. The second-order valence-electron chi connectivity index (χ2n) is 10.3. The summed E-state index contributed by atoms with van der Waals surface area (Å²) in [5.74, 6) is 0. The molecule has 1 saturated heterocycles. The number of amides is 3. The summed E-state index contributed by atoms with van der Waals surface area (Å²) in [5, 5.41) is 6.16. The van der Waals surface area contributed by atoms with E-state index in [9.17, 15) is 9.59 Å². The molecule has 1 aliphatic heterocycles. The van der Waals surface area contributed by atoms with Gasteiger partial charge in [-0.1, -0.05) is 39.8 Å². The summed E-state index contributed by atoms with van der Waals surface area (Å²) in [6.45, 7) is 13.6. The maximum Gasteiger partial charge on any atom is 0.407 e. The summed E-state index contributed by atoms with van der Waals surface area (Å²) in [6.07, 6.45) is 3.55. The molecular weight excluding hydrogens is 386 g/mol. The zero-order valence-electron chi connectivity index (χ0n) is 19.2. The lowest BCUT2D eigenvalue weighted by Crippen LogP contribution is -2.52. The molecule has 8 heteroatoms. The van der Waals surface area contributed by atoms with Gasteiger partial charge in [0.05, 0.1) is 6.61 Å². The molecule has 4 atom stereocenters. The van der Waals surface area contributed by atoms with Gasteiger partial charge in [-0.25, -0.2) is 9.59 Å². The molecule has 1 saturated carbocycles. The van der Waals surface area contributed by atoms with Crippen molar-refractivity contribution >= 4 is 21.6 Å². The van der Waals surface area contributed by atoms with Crippen LogP contribution < -0.4 is 10.6 Å². The van der Waals surface area contributed by atoms with Crippen molar-refractivity contribution in [3.05, 3.63) is 0 Å². The van der Waals surface area contributed by atoms with E-state index in [1.54, 1.807) is 0 Å². The number of rotatable bonds is 9. The summed E-state index contributed by atoms with van der Waals surface area (Å²) >= 11 is 0. The Kier molecular flexibility index (Phi) is 8.40. The predicted molar refractivity (Wildman–Crippen MR) is 118 cm³/mol. The van der Waals surface area contributed by atoms with Gasteiger partial charge in [0.25, 0.3) is 0 Å². The highest BCUT2D eigenvalue weighted by Crippen LogP contribution is 2.45. The van der Waals surface area contributed by atoms with Gasteiger partial charge in [0.15, 0.2) is 0 Å². The molecule has 3 amide bonds. The minimum atomic E-state index is -0.390. The lowest BCUT2D eigenvalue weighted by Gasteiger charge is -2.47. The third kappa shape index (κ3) is 8.54. The maximum absolute atomic E-state index is 12.7. The fraction of sp³-hybridized carbons (Fsp3) is 0.905. The minimum absolute atomic E-state index is 0.0109. The number of ether oxygens (including phenoxy) is 2. The maximum atomic E-state index is 12.7. The predicted octanol–water partition coefficient (Wildman–Crippen LogP) is 2.75. The van der Waals surface area contributed by atoms with Gasteiger partial charge < -0.3 is 25.0 Å². The van der Waals surface area contributed by atoms with Gasteiger partial charge in [0.2, 0.25) is 0 Å². The molecule has 29 heavy (non-hydrogen) atoms. The van der Waals surface area contributed by atoms with Crippen molar-refractivity contribution in [1.82, 2.24) is 15.5 Å². The topological polar surface area (TPSA) is 83.2 Å². The van der Waals surface area contributed by atoms with Gasteiger partial charge in [-0.3, -0.25) is 0 Å². The van der Waals surface area contributed by atoms with Crippen molar-refractivity contribution in [2.24, 2.45) is 10.8 Å². The first kappa shape index (κ1) is 24.0. The van der Waals surface area contributed by atoms with Crippen molar-refractivity contribution in [2.45, 2.75) is 77.6 Å². The Morgan fingerprint density at radius 2 is 2.00 bits per heavy atom. The van der Waals surface area contributed by atoms with Gasteiger partial charge in [-0.15, -0.1) is 0 Å². The standard InChI is InChI=1S/C21H41N3O4Si/c1-15(29-6)7-8-24(5)18(25)23-16-9-20(2,3)13-21(4,10-16)14-22-19(26)28-12-17-11-27-17/h15-17H,7-14,29H2,1-6H3,(H,22,26)(H,23,25).